The van der Waals surface area contributed by atoms with Crippen molar-refractivity contribution >= 4 is 0 Å². The van der Waals surface area contributed by atoms with Crippen LogP contribution in [0.3, 0.4) is 0 Å². The third-order valence-electron chi connectivity index (χ3n) is 6.11. The first kappa shape index (κ1) is 18.2. The molecule has 0 radical (unpaired) electrons. The molecule has 2 aromatic rings. The molecule has 0 saturated carbocycles. The van der Waals surface area contributed by atoms with Crippen molar-refractivity contribution in [2.24, 2.45) is 0 Å². The lowest BCUT2D eigenvalue weighted by molar-refractivity contribution is 0.406. The summed E-state index contributed by atoms with van der Waals surface area (Å²) >= 11 is 0. The molecule has 0 bridgehead atoms. The molecular weight excluding hydrogens is 302 g/mol. The normalized spacial score (nSPS) is 18.3. The van der Waals surface area contributed by atoms with E-state index in [0.717, 1.165) is 6.54 Å². The van der Waals surface area contributed by atoms with Crippen LogP contribution < -0.4 is 5.32 Å². The van der Waals surface area contributed by atoms with E-state index in [9.17, 15) is 0 Å². The Morgan fingerprint density at radius 3 is 1.56 bits per heavy atom. The fourth-order valence-corrected chi connectivity index (χ4v) is 4.17. The van der Waals surface area contributed by atoms with E-state index >= 15 is 0 Å². The van der Waals surface area contributed by atoms with Gasteiger partial charge in [-0.1, -0.05) is 76.2 Å². The van der Waals surface area contributed by atoms with E-state index in [1.54, 1.807) is 0 Å². The highest BCUT2D eigenvalue weighted by Crippen LogP contribution is 2.39. The van der Waals surface area contributed by atoms with Crippen LogP contribution in [-0.4, -0.2) is 12.6 Å². The fourth-order valence-electron chi connectivity index (χ4n) is 4.17. The highest BCUT2D eigenvalue weighted by molar-refractivity contribution is 5.43. The molecule has 1 unspecified atom stereocenters. The van der Waals surface area contributed by atoms with Gasteiger partial charge in [-0.05, 0) is 60.4 Å². The van der Waals surface area contributed by atoms with Crippen LogP contribution in [-0.2, 0) is 5.41 Å². The van der Waals surface area contributed by atoms with Crippen molar-refractivity contribution in [1.29, 1.82) is 0 Å². The first-order valence-corrected chi connectivity index (χ1v) is 9.87. The Balaban J connectivity index is 2.03. The van der Waals surface area contributed by atoms with Crippen molar-refractivity contribution in [3.8, 4) is 0 Å². The molecule has 1 heteroatoms. The maximum atomic E-state index is 3.77. The number of hydrogen-bond acceptors (Lipinski definition) is 1. The molecule has 0 spiro atoms. The molecule has 1 aliphatic rings. The summed E-state index contributed by atoms with van der Waals surface area (Å²) in [6, 6.07) is 19.2. The lowest BCUT2D eigenvalue weighted by Crippen LogP contribution is -2.44. The van der Waals surface area contributed by atoms with E-state index in [1.807, 2.05) is 0 Å². The average molecular weight is 336 g/mol. The van der Waals surface area contributed by atoms with Gasteiger partial charge in [0.1, 0.15) is 0 Å². The lowest BCUT2D eigenvalue weighted by atomic mass is 9.69. The van der Waals surface area contributed by atoms with Crippen LogP contribution in [0, 0.1) is 0 Å². The van der Waals surface area contributed by atoms with Gasteiger partial charge in [0.05, 0.1) is 0 Å². The molecule has 3 rings (SSSR count). The molecule has 2 aromatic carbocycles. The van der Waals surface area contributed by atoms with Crippen molar-refractivity contribution in [3.05, 3.63) is 70.8 Å². The molecule has 134 valence electrons. The van der Waals surface area contributed by atoms with Gasteiger partial charge in [0, 0.05) is 11.5 Å². The van der Waals surface area contributed by atoms with E-state index in [-0.39, 0.29) is 5.41 Å². The zero-order chi connectivity index (χ0) is 18.0. The molecule has 1 aliphatic heterocycles. The number of hydrogen-bond donors (Lipinski definition) is 1. The van der Waals surface area contributed by atoms with Crippen molar-refractivity contribution in [2.45, 2.75) is 70.8 Å². The van der Waals surface area contributed by atoms with Crippen LogP contribution in [0.25, 0.3) is 0 Å². The summed E-state index contributed by atoms with van der Waals surface area (Å²) in [7, 11) is 0. The van der Waals surface area contributed by atoms with Crippen molar-refractivity contribution < 1.29 is 0 Å². The van der Waals surface area contributed by atoms with Crippen molar-refractivity contribution in [3.63, 3.8) is 0 Å². The van der Waals surface area contributed by atoms with Gasteiger partial charge in [-0.3, -0.25) is 0 Å². The van der Waals surface area contributed by atoms with Gasteiger partial charge in [-0.2, -0.15) is 0 Å². The molecule has 1 fully saturated rings. The summed E-state index contributed by atoms with van der Waals surface area (Å²) in [5.74, 6) is 1.16. The minimum atomic E-state index is 0.0154. The third-order valence-corrected chi connectivity index (χ3v) is 6.11. The molecule has 0 amide bonds. The first-order chi connectivity index (χ1) is 11.9. The van der Waals surface area contributed by atoms with Gasteiger partial charge in [0.15, 0.2) is 0 Å². The summed E-state index contributed by atoms with van der Waals surface area (Å²) in [4.78, 5) is 0. The predicted octanol–water partition coefficient (Wildman–Crippen LogP) is 5.99. The quantitative estimate of drug-likeness (QED) is 0.707. The molecule has 1 N–H and O–H groups in total. The second-order valence-corrected chi connectivity index (χ2v) is 8.40. The summed E-state index contributed by atoms with van der Waals surface area (Å²) in [6.45, 7) is 12.6. The van der Waals surface area contributed by atoms with Crippen LogP contribution in [0.1, 0.15) is 81.5 Å². The average Bonchev–Trinajstić information content (AvgIpc) is 3.16. The molecule has 1 nitrogen and oxygen atoms in total. The van der Waals surface area contributed by atoms with Gasteiger partial charge in [-0.25, -0.2) is 0 Å². The van der Waals surface area contributed by atoms with E-state index in [4.69, 9.17) is 0 Å². The lowest BCUT2D eigenvalue weighted by Gasteiger charge is -2.37. The van der Waals surface area contributed by atoms with Gasteiger partial charge >= 0.3 is 0 Å². The smallest absolute Gasteiger partial charge is 0.0327 e. The Morgan fingerprint density at radius 1 is 0.800 bits per heavy atom. The second-order valence-electron chi connectivity index (χ2n) is 8.40. The highest BCUT2D eigenvalue weighted by Gasteiger charge is 2.39. The van der Waals surface area contributed by atoms with Crippen LogP contribution in [0.2, 0.25) is 0 Å². The summed E-state index contributed by atoms with van der Waals surface area (Å²) in [6.07, 6.45) is 2.52. The zero-order valence-electron chi connectivity index (χ0n) is 16.5. The van der Waals surface area contributed by atoms with Gasteiger partial charge in [-0.15, -0.1) is 0 Å². The number of benzene rings is 2. The van der Waals surface area contributed by atoms with Crippen molar-refractivity contribution in [2.75, 3.05) is 6.54 Å². The Labute approximate surface area is 153 Å². The van der Waals surface area contributed by atoms with Crippen LogP contribution >= 0.6 is 0 Å². The molecular formula is C24H33N. The Hall–Kier alpha value is -1.60. The van der Waals surface area contributed by atoms with Gasteiger partial charge in [0.2, 0.25) is 0 Å². The predicted molar refractivity (Wildman–Crippen MR) is 109 cm³/mol. The summed E-state index contributed by atoms with van der Waals surface area (Å²) in [5.41, 5.74) is 5.70. The molecule has 1 heterocycles. The fraction of sp³-hybridized carbons (Fsp3) is 0.500. The monoisotopic (exact) mass is 335 g/mol. The van der Waals surface area contributed by atoms with Crippen LogP contribution in [0.15, 0.2) is 48.5 Å². The first-order valence-electron chi connectivity index (χ1n) is 9.87. The van der Waals surface area contributed by atoms with Gasteiger partial charge < -0.3 is 5.32 Å². The summed E-state index contributed by atoms with van der Waals surface area (Å²) < 4.78 is 0. The minimum absolute atomic E-state index is 0.0154. The van der Waals surface area contributed by atoms with Crippen LogP contribution in [0.4, 0.5) is 0 Å². The Kier molecular flexibility index (Phi) is 5.34. The molecule has 1 saturated heterocycles. The Bertz CT molecular complexity index is 622. The largest absolute Gasteiger partial charge is 0.313 e. The van der Waals surface area contributed by atoms with E-state index < -0.39 is 0 Å². The number of nitrogens with one attached hydrogen (secondary N) is 1. The number of rotatable bonds is 5. The Morgan fingerprint density at radius 2 is 1.24 bits per heavy atom. The summed E-state index contributed by atoms with van der Waals surface area (Å²) in [5, 5.41) is 3.77. The maximum absolute atomic E-state index is 3.77. The molecule has 0 aliphatic carbocycles. The van der Waals surface area contributed by atoms with Gasteiger partial charge in [0.25, 0.3) is 0 Å². The molecule has 25 heavy (non-hydrogen) atoms. The van der Waals surface area contributed by atoms with E-state index in [2.05, 4.69) is 88.5 Å². The SMILES string of the molecule is CC(C)c1ccc(C(C)(c2ccc(C(C)C)cc2)C2CCCN2)cc1. The second kappa shape index (κ2) is 7.33. The third kappa shape index (κ3) is 3.53. The van der Waals surface area contributed by atoms with E-state index in [1.165, 1.54) is 35.1 Å². The zero-order valence-corrected chi connectivity index (χ0v) is 16.5. The topological polar surface area (TPSA) is 12.0 Å². The maximum Gasteiger partial charge on any atom is 0.0327 e. The van der Waals surface area contributed by atoms with Crippen LogP contribution in [0.5, 0.6) is 0 Å². The minimum Gasteiger partial charge on any atom is -0.313 e. The van der Waals surface area contributed by atoms with Crippen molar-refractivity contribution in [1.82, 2.24) is 5.32 Å². The molecule has 1 atom stereocenters. The standard InChI is InChI=1S/C24H33N/c1-17(2)19-8-12-21(13-9-19)24(5,23-7-6-16-25-23)22-14-10-20(11-15-22)18(3)4/h8-15,17-18,23,25H,6-7,16H2,1-5H3. The highest BCUT2D eigenvalue weighted by atomic mass is 15.0. The molecule has 0 aromatic heterocycles. The van der Waals surface area contributed by atoms with E-state index in [0.29, 0.717) is 17.9 Å².